The highest BCUT2D eigenvalue weighted by atomic mass is 16.3. The molecule has 0 aliphatic carbocycles. The van der Waals surface area contributed by atoms with Crippen LogP contribution in [0.2, 0.25) is 0 Å². The number of aliphatic hydroxyl groups is 1. The van der Waals surface area contributed by atoms with E-state index in [1.165, 1.54) is 5.56 Å². The average Bonchev–Trinajstić information content (AvgIpc) is 2.65. The lowest BCUT2D eigenvalue weighted by atomic mass is 10.1. The van der Waals surface area contributed by atoms with E-state index in [1.54, 1.807) is 13.1 Å². The fourth-order valence-electron chi connectivity index (χ4n) is 3.33. The van der Waals surface area contributed by atoms with Crippen LogP contribution in [-0.4, -0.2) is 64.9 Å². The molecule has 2 heterocycles. The molecule has 144 valence electrons. The molecule has 1 aromatic carbocycles. The van der Waals surface area contributed by atoms with Gasteiger partial charge in [0, 0.05) is 56.2 Å². The number of benzene rings is 1. The molecule has 0 atom stereocenters. The van der Waals surface area contributed by atoms with Gasteiger partial charge in [-0.1, -0.05) is 12.1 Å². The maximum absolute atomic E-state index is 9.05. The zero-order valence-electron chi connectivity index (χ0n) is 15.8. The van der Waals surface area contributed by atoms with Crippen LogP contribution in [0.15, 0.2) is 36.5 Å². The van der Waals surface area contributed by atoms with Crippen molar-refractivity contribution in [2.75, 3.05) is 50.4 Å². The maximum atomic E-state index is 9.05. The molecule has 1 aliphatic rings. The number of nitrogen functional groups attached to an aromatic ring is 1. The summed E-state index contributed by atoms with van der Waals surface area (Å²) in [5.74, 6) is 0.377. The molecular formula is C20H28N6O. The highest BCUT2D eigenvalue weighted by molar-refractivity contribution is 6.01. The van der Waals surface area contributed by atoms with Crippen LogP contribution in [0.5, 0.6) is 0 Å². The third-order valence-electron chi connectivity index (χ3n) is 4.83. The molecule has 7 nitrogen and oxygen atoms in total. The Morgan fingerprint density at radius 1 is 1.19 bits per heavy atom. The SMILES string of the molecule is CC(=N)c1cc(Nc2cccc(CN3CCN(CCO)CC3)c2)cnc1N. The number of aromatic nitrogens is 1. The van der Waals surface area contributed by atoms with Crippen LogP contribution < -0.4 is 11.1 Å². The summed E-state index contributed by atoms with van der Waals surface area (Å²) >= 11 is 0. The number of hydrogen-bond donors (Lipinski definition) is 4. The van der Waals surface area contributed by atoms with Gasteiger partial charge in [0.1, 0.15) is 5.82 Å². The Morgan fingerprint density at radius 3 is 2.63 bits per heavy atom. The Balaban J connectivity index is 1.63. The first-order chi connectivity index (χ1) is 13.0. The number of nitrogens with one attached hydrogen (secondary N) is 2. The fraction of sp³-hybridized carbons (Fsp3) is 0.400. The van der Waals surface area contributed by atoms with Crippen molar-refractivity contribution >= 4 is 22.9 Å². The molecule has 1 fully saturated rings. The van der Waals surface area contributed by atoms with Crippen molar-refractivity contribution in [1.29, 1.82) is 5.41 Å². The minimum Gasteiger partial charge on any atom is -0.395 e. The summed E-state index contributed by atoms with van der Waals surface area (Å²) in [5.41, 5.74) is 9.95. The van der Waals surface area contributed by atoms with Gasteiger partial charge in [0.15, 0.2) is 0 Å². The van der Waals surface area contributed by atoms with Crippen LogP contribution in [0, 0.1) is 5.41 Å². The third kappa shape index (κ3) is 5.26. The lowest BCUT2D eigenvalue weighted by Crippen LogP contribution is -2.46. The monoisotopic (exact) mass is 368 g/mol. The van der Waals surface area contributed by atoms with Crippen LogP contribution in [0.4, 0.5) is 17.2 Å². The number of nitrogens with two attached hydrogens (primary N) is 1. The topological polar surface area (TPSA) is 102 Å². The predicted molar refractivity (Wildman–Crippen MR) is 110 cm³/mol. The molecular weight excluding hydrogens is 340 g/mol. The number of aliphatic hydroxyl groups excluding tert-OH is 1. The normalized spacial score (nSPS) is 15.6. The number of anilines is 3. The van der Waals surface area contributed by atoms with Gasteiger partial charge in [0.2, 0.25) is 0 Å². The minimum atomic E-state index is 0.229. The third-order valence-corrected chi connectivity index (χ3v) is 4.83. The zero-order chi connectivity index (χ0) is 19.2. The van der Waals surface area contributed by atoms with Crippen molar-refractivity contribution in [3.8, 4) is 0 Å². The molecule has 2 aromatic rings. The lowest BCUT2D eigenvalue weighted by molar-refractivity contribution is 0.108. The second kappa shape index (κ2) is 8.94. The van der Waals surface area contributed by atoms with Crippen molar-refractivity contribution in [2.45, 2.75) is 13.5 Å². The second-order valence-electron chi connectivity index (χ2n) is 6.95. The van der Waals surface area contributed by atoms with E-state index in [9.17, 15) is 0 Å². The molecule has 0 spiro atoms. The zero-order valence-corrected chi connectivity index (χ0v) is 15.8. The Morgan fingerprint density at radius 2 is 1.93 bits per heavy atom. The van der Waals surface area contributed by atoms with Gasteiger partial charge in [-0.05, 0) is 30.7 Å². The number of piperazine rings is 1. The molecule has 0 radical (unpaired) electrons. The molecule has 1 aliphatic heterocycles. The highest BCUT2D eigenvalue weighted by Gasteiger charge is 2.16. The van der Waals surface area contributed by atoms with Crippen LogP contribution in [0.25, 0.3) is 0 Å². The van der Waals surface area contributed by atoms with Gasteiger partial charge >= 0.3 is 0 Å². The Labute approximate surface area is 160 Å². The highest BCUT2D eigenvalue weighted by Crippen LogP contribution is 2.21. The van der Waals surface area contributed by atoms with Gasteiger partial charge in [0.05, 0.1) is 18.5 Å². The van der Waals surface area contributed by atoms with Crippen molar-refractivity contribution in [3.05, 3.63) is 47.7 Å². The summed E-state index contributed by atoms with van der Waals surface area (Å²) in [5, 5.41) is 20.2. The van der Waals surface area contributed by atoms with Crippen LogP contribution >= 0.6 is 0 Å². The van der Waals surface area contributed by atoms with Crippen molar-refractivity contribution in [1.82, 2.24) is 14.8 Å². The van der Waals surface area contributed by atoms with Gasteiger partial charge in [0.25, 0.3) is 0 Å². The molecule has 0 saturated carbocycles. The molecule has 3 rings (SSSR count). The summed E-state index contributed by atoms with van der Waals surface area (Å²) in [6, 6.07) is 10.2. The number of β-amino-alcohol motifs (C(OH)–C–C–N with tert-alkyl or cyclic N) is 1. The van der Waals surface area contributed by atoms with Crippen molar-refractivity contribution < 1.29 is 5.11 Å². The van der Waals surface area contributed by atoms with Gasteiger partial charge in [-0.15, -0.1) is 0 Å². The van der Waals surface area contributed by atoms with E-state index in [2.05, 4.69) is 32.2 Å². The molecule has 1 saturated heterocycles. The minimum absolute atomic E-state index is 0.229. The van der Waals surface area contributed by atoms with Gasteiger partial charge in [-0.25, -0.2) is 4.98 Å². The lowest BCUT2D eigenvalue weighted by Gasteiger charge is -2.34. The van der Waals surface area contributed by atoms with E-state index >= 15 is 0 Å². The van der Waals surface area contributed by atoms with Crippen LogP contribution in [0.3, 0.4) is 0 Å². The number of rotatable bonds is 7. The van der Waals surface area contributed by atoms with E-state index in [0.717, 1.165) is 50.6 Å². The van der Waals surface area contributed by atoms with E-state index in [-0.39, 0.29) is 6.61 Å². The molecule has 1 aromatic heterocycles. The fourth-order valence-corrected chi connectivity index (χ4v) is 3.33. The van der Waals surface area contributed by atoms with E-state index in [0.29, 0.717) is 17.1 Å². The Hall–Kier alpha value is -2.48. The number of pyridine rings is 1. The van der Waals surface area contributed by atoms with Gasteiger partial charge in [-0.3, -0.25) is 9.80 Å². The first-order valence-corrected chi connectivity index (χ1v) is 9.28. The summed E-state index contributed by atoms with van der Waals surface area (Å²) in [7, 11) is 0. The molecule has 0 bridgehead atoms. The summed E-state index contributed by atoms with van der Waals surface area (Å²) in [4.78, 5) is 8.91. The first kappa shape index (κ1) is 19.3. The largest absolute Gasteiger partial charge is 0.395 e. The van der Waals surface area contributed by atoms with E-state index < -0.39 is 0 Å². The Bertz CT molecular complexity index is 786. The summed E-state index contributed by atoms with van der Waals surface area (Å²) in [6.07, 6.45) is 1.69. The van der Waals surface area contributed by atoms with Gasteiger partial charge < -0.3 is 21.6 Å². The van der Waals surface area contributed by atoms with Crippen molar-refractivity contribution in [2.24, 2.45) is 0 Å². The molecule has 0 amide bonds. The first-order valence-electron chi connectivity index (χ1n) is 9.28. The summed E-state index contributed by atoms with van der Waals surface area (Å²) in [6.45, 7) is 7.64. The number of nitrogens with zero attached hydrogens (tertiary/aromatic N) is 3. The second-order valence-corrected chi connectivity index (χ2v) is 6.95. The predicted octanol–water partition coefficient (Wildman–Crippen LogP) is 1.91. The molecule has 27 heavy (non-hydrogen) atoms. The Kier molecular flexibility index (Phi) is 6.39. The smallest absolute Gasteiger partial charge is 0.132 e. The van der Waals surface area contributed by atoms with Crippen LogP contribution in [-0.2, 0) is 6.54 Å². The van der Waals surface area contributed by atoms with E-state index in [4.69, 9.17) is 16.2 Å². The van der Waals surface area contributed by atoms with Crippen molar-refractivity contribution in [3.63, 3.8) is 0 Å². The van der Waals surface area contributed by atoms with E-state index in [1.807, 2.05) is 18.2 Å². The molecule has 0 unspecified atom stereocenters. The molecule has 7 heteroatoms. The summed E-state index contributed by atoms with van der Waals surface area (Å²) < 4.78 is 0. The number of hydrogen-bond acceptors (Lipinski definition) is 7. The molecule has 5 N–H and O–H groups in total. The average molecular weight is 368 g/mol. The standard InChI is InChI=1S/C20H28N6O/c1-15(21)19-12-18(13-23-20(19)22)24-17-4-2-3-16(11-17)14-26-7-5-25(6-8-26)9-10-27/h2-4,11-13,21,24,27H,5-10,14H2,1H3,(H2,22,23). The van der Waals surface area contributed by atoms with Crippen LogP contribution in [0.1, 0.15) is 18.1 Å². The maximum Gasteiger partial charge on any atom is 0.132 e. The van der Waals surface area contributed by atoms with Gasteiger partial charge in [-0.2, -0.15) is 0 Å². The quantitative estimate of drug-likeness (QED) is 0.557.